The van der Waals surface area contributed by atoms with E-state index in [2.05, 4.69) is 17.1 Å². The van der Waals surface area contributed by atoms with Gasteiger partial charge in [0, 0.05) is 30.2 Å². The molecule has 31 heavy (non-hydrogen) atoms. The summed E-state index contributed by atoms with van der Waals surface area (Å²) in [5.74, 6) is 1.61. The fourth-order valence-electron chi connectivity index (χ4n) is 4.03. The maximum Gasteiger partial charge on any atom is 0.231 e. The maximum absolute atomic E-state index is 13.2. The highest BCUT2D eigenvalue weighted by Crippen LogP contribution is 2.33. The topological polar surface area (TPSA) is 54.6 Å². The highest BCUT2D eigenvalue weighted by atomic mass is 16.7. The Labute approximate surface area is 181 Å². The van der Waals surface area contributed by atoms with Crippen molar-refractivity contribution in [1.82, 2.24) is 9.88 Å². The fourth-order valence-corrected chi connectivity index (χ4v) is 4.03. The third-order valence-electron chi connectivity index (χ3n) is 5.69. The van der Waals surface area contributed by atoms with E-state index in [1.165, 1.54) is 10.9 Å². The van der Waals surface area contributed by atoms with Crippen molar-refractivity contribution < 1.29 is 14.3 Å². The molecule has 0 fully saturated rings. The lowest BCUT2D eigenvalue weighted by Gasteiger charge is -2.23. The zero-order valence-corrected chi connectivity index (χ0v) is 17.2. The molecule has 0 aliphatic carbocycles. The smallest absolute Gasteiger partial charge is 0.231 e. The van der Waals surface area contributed by atoms with Gasteiger partial charge >= 0.3 is 0 Å². The zero-order valence-electron chi connectivity index (χ0n) is 17.2. The molecule has 0 unspecified atom stereocenters. The van der Waals surface area contributed by atoms with Crippen molar-refractivity contribution in [1.29, 1.82) is 0 Å². The van der Waals surface area contributed by atoms with E-state index in [1.54, 1.807) is 0 Å². The molecule has 1 amide bonds. The number of hydrogen-bond acceptors (Lipinski definition) is 3. The molecule has 5 rings (SSSR count). The standard InChI is InChI=1S/C26H24N2O3/c29-26(15-19-6-2-1-3-7-19)28(17-20-10-11-24-25(14-20)31-18-30-24)13-12-21-16-27-23-9-5-4-8-22(21)23/h1-11,14,16,27H,12-13,15,17-18H2. The number of aromatic nitrogens is 1. The Morgan fingerprint density at radius 3 is 2.61 bits per heavy atom. The van der Waals surface area contributed by atoms with Crippen LogP contribution in [0.25, 0.3) is 10.9 Å². The summed E-state index contributed by atoms with van der Waals surface area (Å²) in [6, 6.07) is 24.0. The number of ether oxygens (including phenoxy) is 2. The number of carbonyl (C=O) groups is 1. The van der Waals surface area contributed by atoms with Crippen molar-refractivity contribution in [3.05, 3.63) is 95.7 Å². The van der Waals surface area contributed by atoms with Crippen molar-refractivity contribution in [2.24, 2.45) is 0 Å². The van der Waals surface area contributed by atoms with Gasteiger partial charge in [0.2, 0.25) is 12.7 Å². The van der Waals surface area contributed by atoms with Crippen LogP contribution in [0.3, 0.4) is 0 Å². The SMILES string of the molecule is O=C(Cc1ccccc1)N(CCc1c[nH]c2ccccc12)Cc1ccc2c(c1)OCO2. The van der Waals surface area contributed by atoms with Crippen LogP contribution < -0.4 is 9.47 Å². The molecule has 5 nitrogen and oxygen atoms in total. The lowest BCUT2D eigenvalue weighted by atomic mass is 10.1. The van der Waals surface area contributed by atoms with Crippen LogP contribution in [0, 0.1) is 0 Å². The minimum atomic E-state index is 0.115. The number of aromatic amines is 1. The summed E-state index contributed by atoms with van der Waals surface area (Å²) in [5.41, 5.74) is 4.40. The minimum absolute atomic E-state index is 0.115. The van der Waals surface area contributed by atoms with Crippen LogP contribution >= 0.6 is 0 Å². The highest BCUT2D eigenvalue weighted by molar-refractivity contribution is 5.83. The number of benzene rings is 3. The second kappa shape index (κ2) is 8.56. The molecule has 4 aromatic rings. The average molecular weight is 412 g/mol. The minimum Gasteiger partial charge on any atom is -0.454 e. The molecule has 0 radical (unpaired) electrons. The van der Waals surface area contributed by atoms with E-state index in [0.29, 0.717) is 19.5 Å². The Balaban J connectivity index is 1.35. The van der Waals surface area contributed by atoms with E-state index < -0.39 is 0 Å². The molecule has 0 saturated carbocycles. The molecule has 0 bridgehead atoms. The van der Waals surface area contributed by atoms with Crippen LogP contribution in [-0.2, 0) is 24.2 Å². The Kier molecular flexibility index (Phi) is 5.31. The lowest BCUT2D eigenvalue weighted by molar-refractivity contribution is -0.131. The summed E-state index contributed by atoms with van der Waals surface area (Å²) < 4.78 is 10.9. The van der Waals surface area contributed by atoms with Crippen LogP contribution in [0.4, 0.5) is 0 Å². The van der Waals surface area contributed by atoms with Crippen molar-refractivity contribution in [2.45, 2.75) is 19.4 Å². The van der Waals surface area contributed by atoms with Gasteiger partial charge < -0.3 is 19.4 Å². The number of para-hydroxylation sites is 1. The summed E-state index contributed by atoms with van der Waals surface area (Å²) in [4.78, 5) is 18.5. The van der Waals surface area contributed by atoms with Gasteiger partial charge in [-0.15, -0.1) is 0 Å². The van der Waals surface area contributed by atoms with Crippen LogP contribution in [0.1, 0.15) is 16.7 Å². The Morgan fingerprint density at radius 2 is 1.71 bits per heavy atom. The summed E-state index contributed by atoms with van der Waals surface area (Å²) in [5, 5.41) is 1.21. The molecular weight excluding hydrogens is 388 g/mol. The molecular formula is C26H24N2O3. The lowest BCUT2D eigenvalue weighted by Crippen LogP contribution is -2.33. The summed E-state index contributed by atoms with van der Waals surface area (Å²) >= 11 is 0. The summed E-state index contributed by atoms with van der Waals surface area (Å²) in [7, 11) is 0. The van der Waals surface area contributed by atoms with Gasteiger partial charge in [0.05, 0.1) is 6.42 Å². The second-order valence-electron chi connectivity index (χ2n) is 7.77. The van der Waals surface area contributed by atoms with E-state index in [1.807, 2.05) is 71.8 Å². The van der Waals surface area contributed by atoms with E-state index in [0.717, 1.165) is 34.6 Å². The number of rotatable bonds is 7. The number of hydrogen-bond donors (Lipinski definition) is 1. The molecule has 1 N–H and O–H groups in total. The first-order valence-electron chi connectivity index (χ1n) is 10.5. The monoisotopic (exact) mass is 412 g/mol. The first-order chi connectivity index (χ1) is 15.3. The Morgan fingerprint density at radius 1 is 0.903 bits per heavy atom. The molecule has 156 valence electrons. The van der Waals surface area contributed by atoms with E-state index >= 15 is 0 Å². The Hall–Kier alpha value is -3.73. The van der Waals surface area contributed by atoms with Gasteiger partial charge in [0.1, 0.15) is 0 Å². The molecule has 0 atom stereocenters. The number of fused-ring (bicyclic) bond motifs is 2. The molecule has 1 aliphatic rings. The van der Waals surface area contributed by atoms with Crippen molar-refractivity contribution in [2.75, 3.05) is 13.3 Å². The van der Waals surface area contributed by atoms with Crippen LogP contribution in [0.15, 0.2) is 79.0 Å². The predicted octanol–water partition coefficient (Wildman–Crippen LogP) is 4.71. The predicted molar refractivity (Wildman–Crippen MR) is 120 cm³/mol. The first-order valence-corrected chi connectivity index (χ1v) is 10.5. The summed E-state index contributed by atoms with van der Waals surface area (Å²) in [6.45, 7) is 1.42. The molecule has 3 aromatic carbocycles. The van der Waals surface area contributed by atoms with E-state index in [-0.39, 0.29) is 12.7 Å². The van der Waals surface area contributed by atoms with E-state index in [9.17, 15) is 4.79 Å². The molecule has 0 spiro atoms. The van der Waals surface area contributed by atoms with Crippen LogP contribution in [-0.4, -0.2) is 29.1 Å². The van der Waals surface area contributed by atoms with Gasteiger partial charge in [-0.3, -0.25) is 4.79 Å². The van der Waals surface area contributed by atoms with Crippen molar-refractivity contribution in [3.63, 3.8) is 0 Å². The quantitative estimate of drug-likeness (QED) is 0.478. The number of carbonyl (C=O) groups excluding carboxylic acids is 1. The molecule has 2 heterocycles. The summed E-state index contributed by atoms with van der Waals surface area (Å²) in [6.07, 6.45) is 3.22. The number of nitrogens with zero attached hydrogens (tertiary/aromatic N) is 1. The van der Waals surface area contributed by atoms with E-state index in [4.69, 9.17) is 9.47 Å². The number of H-pyrrole nitrogens is 1. The molecule has 0 saturated heterocycles. The zero-order chi connectivity index (χ0) is 21.0. The fraction of sp³-hybridized carbons (Fsp3) is 0.192. The van der Waals surface area contributed by atoms with Crippen LogP contribution in [0.2, 0.25) is 0 Å². The molecule has 5 heteroatoms. The van der Waals surface area contributed by atoms with Crippen molar-refractivity contribution >= 4 is 16.8 Å². The van der Waals surface area contributed by atoms with Gasteiger partial charge in [0.15, 0.2) is 11.5 Å². The highest BCUT2D eigenvalue weighted by Gasteiger charge is 2.18. The van der Waals surface area contributed by atoms with Crippen molar-refractivity contribution in [3.8, 4) is 11.5 Å². The molecule has 1 aliphatic heterocycles. The second-order valence-corrected chi connectivity index (χ2v) is 7.77. The van der Waals surface area contributed by atoms with Gasteiger partial charge in [-0.1, -0.05) is 54.6 Å². The van der Waals surface area contributed by atoms with Gasteiger partial charge in [0.25, 0.3) is 0 Å². The third-order valence-corrected chi connectivity index (χ3v) is 5.69. The number of amides is 1. The van der Waals surface area contributed by atoms with Crippen LogP contribution in [0.5, 0.6) is 11.5 Å². The largest absolute Gasteiger partial charge is 0.454 e. The Bertz CT molecular complexity index is 1200. The molecule has 1 aromatic heterocycles. The van der Waals surface area contributed by atoms with Gasteiger partial charge in [-0.05, 0) is 41.3 Å². The third kappa shape index (κ3) is 4.26. The van der Waals surface area contributed by atoms with Gasteiger partial charge in [-0.2, -0.15) is 0 Å². The first kappa shape index (κ1) is 19.2. The maximum atomic E-state index is 13.2. The normalized spacial score (nSPS) is 12.3. The van der Waals surface area contributed by atoms with Gasteiger partial charge in [-0.25, -0.2) is 0 Å². The average Bonchev–Trinajstić information content (AvgIpc) is 3.44. The number of nitrogens with one attached hydrogen (secondary N) is 1.